The Hall–Kier alpha value is -3.97. The molecule has 6 nitrogen and oxygen atoms in total. The van der Waals surface area contributed by atoms with Gasteiger partial charge in [0.15, 0.2) is 0 Å². The highest BCUT2D eigenvalue weighted by Crippen LogP contribution is 2.12. The molecule has 34 heavy (non-hydrogen) atoms. The van der Waals surface area contributed by atoms with Crippen LogP contribution in [0, 0.1) is 0 Å². The fraction of sp³-hybridized carbons (Fsp3) is 0.0741. The van der Waals surface area contributed by atoms with E-state index in [0.717, 1.165) is 11.1 Å². The highest BCUT2D eigenvalue weighted by Gasteiger charge is 2.23. The van der Waals surface area contributed by atoms with E-state index >= 15 is 0 Å². The van der Waals surface area contributed by atoms with Gasteiger partial charge in [0, 0.05) is 16.5 Å². The van der Waals surface area contributed by atoms with Crippen molar-refractivity contribution in [1.82, 2.24) is 10.6 Å². The first kappa shape index (κ1) is 24.7. The molecule has 3 rings (SSSR count). The summed E-state index contributed by atoms with van der Waals surface area (Å²) < 4.78 is 0.716. The zero-order valence-electron chi connectivity index (χ0n) is 18.1. The number of carbonyl (C=O) groups is 3. The predicted molar refractivity (Wildman–Crippen MR) is 135 cm³/mol. The number of carboxylic acids is 1. The Morgan fingerprint density at radius 2 is 1.59 bits per heavy atom. The van der Waals surface area contributed by atoms with E-state index in [1.54, 1.807) is 60.7 Å². The molecule has 0 saturated carbocycles. The first-order valence-corrected chi connectivity index (χ1v) is 11.3. The monoisotopic (exact) mass is 518 g/mol. The summed E-state index contributed by atoms with van der Waals surface area (Å²) >= 11 is 3.32. The number of rotatable bonds is 9. The van der Waals surface area contributed by atoms with Gasteiger partial charge in [-0.15, -0.1) is 0 Å². The van der Waals surface area contributed by atoms with Gasteiger partial charge in [-0.3, -0.25) is 9.59 Å². The van der Waals surface area contributed by atoms with Crippen molar-refractivity contribution in [3.63, 3.8) is 0 Å². The highest BCUT2D eigenvalue weighted by molar-refractivity contribution is 9.10. The fourth-order valence-electron chi connectivity index (χ4n) is 3.10. The summed E-state index contributed by atoms with van der Waals surface area (Å²) in [4.78, 5) is 37.6. The van der Waals surface area contributed by atoms with E-state index in [9.17, 15) is 19.5 Å². The van der Waals surface area contributed by atoms with Gasteiger partial charge in [0.25, 0.3) is 11.8 Å². The SMILES string of the molecule is O=C(NC(Cc1ccccc1)C(=O)O)/C(=C/C=C\c1ccccc1)NC(=O)c1cccc(Br)c1. The normalized spacial score (nSPS) is 12.2. The molecule has 0 radical (unpaired) electrons. The molecule has 0 heterocycles. The molecular weight excluding hydrogens is 496 g/mol. The van der Waals surface area contributed by atoms with Crippen molar-refractivity contribution >= 4 is 39.8 Å². The zero-order chi connectivity index (χ0) is 24.3. The summed E-state index contributed by atoms with van der Waals surface area (Å²) in [6.07, 6.45) is 4.95. The fourth-order valence-corrected chi connectivity index (χ4v) is 3.50. The minimum Gasteiger partial charge on any atom is -0.480 e. The Balaban J connectivity index is 1.82. The summed E-state index contributed by atoms with van der Waals surface area (Å²) in [6, 6.07) is 24.0. The second-order valence-corrected chi connectivity index (χ2v) is 8.28. The summed E-state index contributed by atoms with van der Waals surface area (Å²) in [5.41, 5.74) is 1.95. The Kier molecular flexibility index (Phi) is 8.94. The molecule has 0 aromatic heterocycles. The topological polar surface area (TPSA) is 95.5 Å². The van der Waals surface area contributed by atoms with Crippen LogP contribution in [0.1, 0.15) is 21.5 Å². The third-order valence-electron chi connectivity index (χ3n) is 4.82. The van der Waals surface area contributed by atoms with Crippen LogP contribution in [0.3, 0.4) is 0 Å². The predicted octanol–water partition coefficient (Wildman–Crippen LogP) is 4.59. The molecule has 0 aliphatic heterocycles. The van der Waals surface area contributed by atoms with Crippen LogP contribution in [-0.2, 0) is 16.0 Å². The minimum atomic E-state index is -1.17. The standard InChI is InChI=1S/C27H23BrN2O4/c28-22-15-8-14-21(18-22)25(31)29-23(16-7-13-19-9-3-1-4-10-19)26(32)30-24(27(33)34)17-20-11-5-2-6-12-20/h1-16,18,24H,17H2,(H,29,31)(H,30,32)(H,33,34)/b13-7-,23-16-. The molecule has 1 atom stereocenters. The Morgan fingerprint density at radius 3 is 2.24 bits per heavy atom. The first-order valence-electron chi connectivity index (χ1n) is 10.5. The molecular formula is C27H23BrN2O4. The number of carboxylic acid groups (broad SMARTS) is 1. The summed E-state index contributed by atoms with van der Waals surface area (Å²) in [5, 5.41) is 14.8. The number of allylic oxidation sites excluding steroid dienone is 2. The number of halogens is 1. The third-order valence-corrected chi connectivity index (χ3v) is 5.31. The lowest BCUT2D eigenvalue weighted by Gasteiger charge is -2.16. The maximum Gasteiger partial charge on any atom is 0.326 e. The lowest BCUT2D eigenvalue weighted by molar-refractivity contribution is -0.141. The number of hydrogen-bond acceptors (Lipinski definition) is 3. The lowest BCUT2D eigenvalue weighted by Crippen LogP contribution is -2.45. The molecule has 1 unspecified atom stereocenters. The van der Waals surface area contributed by atoms with Crippen LogP contribution in [0.15, 0.2) is 107 Å². The van der Waals surface area contributed by atoms with Crippen molar-refractivity contribution in [1.29, 1.82) is 0 Å². The van der Waals surface area contributed by atoms with Crippen LogP contribution in [0.25, 0.3) is 6.08 Å². The molecule has 3 N–H and O–H groups in total. The van der Waals surface area contributed by atoms with E-state index in [2.05, 4.69) is 26.6 Å². The van der Waals surface area contributed by atoms with Gasteiger partial charge in [-0.05, 0) is 35.4 Å². The van der Waals surface area contributed by atoms with Crippen LogP contribution in [0.2, 0.25) is 0 Å². The van der Waals surface area contributed by atoms with Crippen molar-refractivity contribution < 1.29 is 19.5 Å². The van der Waals surface area contributed by atoms with E-state index < -0.39 is 23.8 Å². The number of hydrogen-bond donors (Lipinski definition) is 3. The molecule has 3 aromatic rings. The maximum atomic E-state index is 13.0. The van der Waals surface area contributed by atoms with E-state index in [1.165, 1.54) is 6.08 Å². The largest absolute Gasteiger partial charge is 0.480 e. The Morgan fingerprint density at radius 1 is 0.912 bits per heavy atom. The van der Waals surface area contributed by atoms with Crippen molar-refractivity contribution in [2.75, 3.05) is 0 Å². The second kappa shape index (κ2) is 12.3. The molecule has 0 aliphatic rings. The lowest BCUT2D eigenvalue weighted by atomic mass is 10.1. The average molecular weight is 519 g/mol. The molecule has 2 amide bonds. The van der Waals surface area contributed by atoms with E-state index in [-0.39, 0.29) is 12.1 Å². The molecule has 0 fully saturated rings. The van der Waals surface area contributed by atoms with Gasteiger partial charge in [0.05, 0.1) is 0 Å². The number of carbonyl (C=O) groups excluding carboxylic acids is 2. The smallest absolute Gasteiger partial charge is 0.326 e. The van der Waals surface area contributed by atoms with E-state index in [4.69, 9.17) is 0 Å². The molecule has 0 saturated heterocycles. The number of nitrogens with one attached hydrogen (secondary N) is 2. The Bertz CT molecular complexity index is 1210. The quantitative estimate of drug-likeness (QED) is 0.285. The van der Waals surface area contributed by atoms with Gasteiger partial charge in [0.2, 0.25) is 0 Å². The van der Waals surface area contributed by atoms with E-state index in [0.29, 0.717) is 10.0 Å². The summed E-state index contributed by atoms with van der Waals surface area (Å²) in [6.45, 7) is 0. The number of aliphatic carboxylic acids is 1. The molecule has 0 bridgehead atoms. The molecule has 172 valence electrons. The first-order chi connectivity index (χ1) is 16.4. The van der Waals surface area contributed by atoms with Gasteiger partial charge < -0.3 is 15.7 Å². The molecule has 3 aromatic carbocycles. The van der Waals surface area contributed by atoms with Gasteiger partial charge in [-0.2, -0.15) is 0 Å². The van der Waals surface area contributed by atoms with Crippen molar-refractivity contribution in [3.8, 4) is 0 Å². The van der Waals surface area contributed by atoms with Crippen LogP contribution >= 0.6 is 15.9 Å². The number of amides is 2. The minimum absolute atomic E-state index is 0.0727. The summed E-state index contributed by atoms with van der Waals surface area (Å²) in [7, 11) is 0. The van der Waals surface area contributed by atoms with Crippen LogP contribution < -0.4 is 10.6 Å². The number of benzene rings is 3. The van der Waals surface area contributed by atoms with Crippen LogP contribution in [-0.4, -0.2) is 28.9 Å². The second-order valence-electron chi connectivity index (χ2n) is 7.37. The maximum absolute atomic E-state index is 13.0. The zero-order valence-corrected chi connectivity index (χ0v) is 19.7. The van der Waals surface area contributed by atoms with Gasteiger partial charge in [-0.25, -0.2) is 4.79 Å². The van der Waals surface area contributed by atoms with Crippen LogP contribution in [0.5, 0.6) is 0 Å². The average Bonchev–Trinajstić information content (AvgIpc) is 2.84. The van der Waals surface area contributed by atoms with Crippen molar-refractivity contribution in [3.05, 3.63) is 124 Å². The van der Waals surface area contributed by atoms with Gasteiger partial charge in [-0.1, -0.05) is 94.8 Å². The van der Waals surface area contributed by atoms with Crippen LogP contribution in [0.4, 0.5) is 0 Å². The molecule has 0 spiro atoms. The van der Waals surface area contributed by atoms with Crippen molar-refractivity contribution in [2.45, 2.75) is 12.5 Å². The van der Waals surface area contributed by atoms with Gasteiger partial charge >= 0.3 is 5.97 Å². The Labute approximate surface area is 206 Å². The highest BCUT2D eigenvalue weighted by atomic mass is 79.9. The van der Waals surface area contributed by atoms with Crippen molar-refractivity contribution in [2.24, 2.45) is 0 Å². The van der Waals surface area contributed by atoms with Gasteiger partial charge in [0.1, 0.15) is 11.7 Å². The summed E-state index contributed by atoms with van der Waals surface area (Å²) in [5.74, 6) is -2.37. The molecule has 7 heteroatoms. The van der Waals surface area contributed by atoms with E-state index in [1.807, 2.05) is 36.4 Å². The molecule has 0 aliphatic carbocycles. The third kappa shape index (κ3) is 7.56.